The van der Waals surface area contributed by atoms with Crippen molar-refractivity contribution in [1.29, 1.82) is 0 Å². The molecule has 1 aromatic heterocycles. The molecule has 0 saturated carbocycles. The molecule has 6 heteroatoms. The molecule has 1 aromatic carbocycles. The van der Waals surface area contributed by atoms with E-state index in [9.17, 15) is 13.2 Å². The first-order valence-electron chi connectivity index (χ1n) is 6.33. The van der Waals surface area contributed by atoms with Crippen molar-refractivity contribution in [2.45, 2.75) is 19.4 Å². The monoisotopic (exact) mass is 295 g/mol. The van der Waals surface area contributed by atoms with E-state index in [4.69, 9.17) is 5.11 Å². The molecular weight excluding hydrogens is 278 g/mol. The van der Waals surface area contributed by atoms with Gasteiger partial charge in [-0.2, -0.15) is 0 Å². The Balaban J connectivity index is 2.32. The molecule has 0 aliphatic carbocycles. The summed E-state index contributed by atoms with van der Waals surface area (Å²) >= 11 is 0. The largest absolute Gasteiger partial charge is 0.481 e. The molecule has 0 spiro atoms. The van der Waals surface area contributed by atoms with Gasteiger partial charge >= 0.3 is 5.97 Å². The van der Waals surface area contributed by atoms with Gasteiger partial charge in [0.25, 0.3) is 0 Å². The molecule has 0 unspecified atom stereocenters. The maximum absolute atomic E-state index is 11.3. The molecule has 0 aliphatic heterocycles. The molecule has 1 N–H and O–H groups in total. The number of carboxylic acids is 1. The van der Waals surface area contributed by atoms with Crippen LogP contribution in [0.5, 0.6) is 0 Å². The zero-order valence-electron chi connectivity index (χ0n) is 11.2. The lowest BCUT2D eigenvalue weighted by atomic mass is 10.1. The third-order valence-corrected chi connectivity index (χ3v) is 4.11. The first-order valence-corrected chi connectivity index (χ1v) is 8.39. The highest BCUT2D eigenvalue weighted by Crippen LogP contribution is 2.22. The topological polar surface area (TPSA) is 76.4 Å². The number of carbonyl (C=O) groups is 1. The highest BCUT2D eigenvalue weighted by atomic mass is 32.2. The van der Waals surface area contributed by atoms with Crippen LogP contribution in [0.25, 0.3) is 10.9 Å². The van der Waals surface area contributed by atoms with Gasteiger partial charge in [-0.3, -0.25) is 4.79 Å². The van der Waals surface area contributed by atoms with Crippen molar-refractivity contribution in [2.24, 2.45) is 0 Å². The van der Waals surface area contributed by atoms with Gasteiger partial charge in [-0.1, -0.05) is 18.2 Å². The Morgan fingerprint density at radius 2 is 2.00 bits per heavy atom. The second-order valence-corrected chi connectivity index (χ2v) is 7.15. The van der Waals surface area contributed by atoms with Gasteiger partial charge in [-0.25, -0.2) is 8.42 Å². The molecule has 0 atom stereocenters. The highest BCUT2D eigenvalue weighted by molar-refractivity contribution is 7.90. The summed E-state index contributed by atoms with van der Waals surface area (Å²) in [5.74, 6) is -0.762. The van der Waals surface area contributed by atoms with E-state index < -0.39 is 15.8 Å². The van der Waals surface area contributed by atoms with Crippen molar-refractivity contribution in [3.05, 3.63) is 36.0 Å². The van der Waals surface area contributed by atoms with Crippen LogP contribution in [-0.2, 0) is 27.6 Å². The van der Waals surface area contributed by atoms with Gasteiger partial charge in [0.15, 0.2) is 0 Å². The Kier molecular flexibility index (Phi) is 4.13. The van der Waals surface area contributed by atoms with Gasteiger partial charge < -0.3 is 9.67 Å². The van der Waals surface area contributed by atoms with Crippen LogP contribution in [-0.4, -0.2) is 36.1 Å². The normalized spacial score (nSPS) is 11.8. The molecule has 5 nitrogen and oxygen atoms in total. The van der Waals surface area contributed by atoms with Gasteiger partial charge in [0.1, 0.15) is 9.84 Å². The van der Waals surface area contributed by atoms with Crippen molar-refractivity contribution < 1.29 is 18.3 Å². The number of fused-ring (bicyclic) bond motifs is 1. The number of para-hydroxylation sites is 1. The van der Waals surface area contributed by atoms with Crippen molar-refractivity contribution in [2.75, 3.05) is 12.0 Å². The highest BCUT2D eigenvalue weighted by Gasteiger charge is 2.11. The summed E-state index contributed by atoms with van der Waals surface area (Å²) in [6.07, 6.45) is 3.59. The standard InChI is InChI=1S/C14H17NO4S/c1-20(18,19)9-8-15-10-11(6-7-14(16)17)12-4-2-3-5-13(12)15/h2-5,10H,6-9H2,1H3,(H,16,17). The molecule has 0 aliphatic rings. The zero-order valence-corrected chi connectivity index (χ0v) is 12.1. The van der Waals surface area contributed by atoms with Crippen LogP contribution in [0.3, 0.4) is 0 Å². The number of rotatable bonds is 6. The van der Waals surface area contributed by atoms with Gasteiger partial charge in [-0.05, 0) is 18.1 Å². The second-order valence-electron chi connectivity index (χ2n) is 4.89. The Morgan fingerprint density at radius 3 is 2.65 bits per heavy atom. The average molecular weight is 295 g/mol. The first-order chi connectivity index (χ1) is 9.37. The van der Waals surface area contributed by atoms with Crippen LogP contribution >= 0.6 is 0 Å². The predicted octanol–water partition coefficient (Wildman–Crippen LogP) is 1.70. The van der Waals surface area contributed by atoms with Crippen LogP contribution < -0.4 is 0 Å². The Morgan fingerprint density at radius 1 is 1.30 bits per heavy atom. The molecule has 0 fully saturated rings. The number of carboxylic acid groups (broad SMARTS) is 1. The number of nitrogens with zero attached hydrogens (tertiary/aromatic N) is 1. The summed E-state index contributed by atoms with van der Waals surface area (Å²) in [6.45, 7) is 0.381. The fourth-order valence-electron chi connectivity index (χ4n) is 2.21. The van der Waals surface area contributed by atoms with Crippen LogP contribution in [0.1, 0.15) is 12.0 Å². The van der Waals surface area contributed by atoms with Crippen LogP contribution in [0.4, 0.5) is 0 Å². The lowest BCUT2D eigenvalue weighted by Crippen LogP contribution is -2.10. The minimum Gasteiger partial charge on any atom is -0.481 e. The van der Waals surface area contributed by atoms with E-state index in [1.54, 1.807) is 0 Å². The Bertz CT molecular complexity index is 731. The van der Waals surface area contributed by atoms with Crippen LogP contribution in [0.2, 0.25) is 0 Å². The minimum atomic E-state index is -3.02. The van der Waals surface area contributed by atoms with Crippen molar-refractivity contribution in [3.8, 4) is 0 Å². The van der Waals surface area contributed by atoms with Crippen molar-refractivity contribution in [3.63, 3.8) is 0 Å². The van der Waals surface area contributed by atoms with E-state index in [0.717, 1.165) is 16.5 Å². The number of aromatic nitrogens is 1. The van der Waals surface area contributed by atoms with Gasteiger partial charge in [0.2, 0.25) is 0 Å². The molecule has 1 heterocycles. The summed E-state index contributed by atoms with van der Waals surface area (Å²) in [5, 5.41) is 9.77. The number of aliphatic carboxylic acids is 1. The van der Waals surface area contributed by atoms with Crippen molar-refractivity contribution in [1.82, 2.24) is 4.57 Å². The molecule has 2 aromatic rings. The van der Waals surface area contributed by atoms with Gasteiger partial charge in [-0.15, -0.1) is 0 Å². The van der Waals surface area contributed by atoms with Gasteiger partial charge in [0, 0.05) is 36.3 Å². The average Bonchev–Trinajstić information content (AvgIpc) is 2.71. The van der Waals surface area contributed by atoms with E-state index in [0.29, 0.717) is 13.0 Å². The maximum atomic E-state index is 11.3. The molecule has 2 rings (SSSR count). The summed E-state index contributed by atoms with van der Waals surface area (Å²) in [5.41, 5.74) is 1.88. The number of sulfone groups is 1. The quantitative estimate of drug-likeness (QED) is 0.880. The Labute approximate surface area is 117 Å². The number of hydrogen-bond acceptors (Lipinski definition) is 3. The van der Waals surface area contributed by atoms with E-state index in [1.165, 1.54) is 6.26 Å². The van der Waals surface area contributed by atoms with Crippen LogP contribution in [0.15, 0.2) is 30.5 Å². The zero-order chi connectivity index (χ0) is 14.8. The Hall–Kier alpha value is -1.82. The molecule has 108 valence electrons. The van der Waals surface area contributed by atoms with Crippen molar-refractivity contribution >= 4 is 26.7 Å². The lowest BCUT2D eigenvalue weighted by molar-refractivity contribution is -0.136. The minimum absolute atomic E-state index is 0.0695. The molecular formula is C14H17NO4S. The van der Waals surface area contributed by atoms with E-state index in [-0.39, 0.29) is 12.2 Å². The number of aryl methyl sites for hydroxylation is 2. The number of benzene rings is 1. The fraction of sp³-hybridized carbons (Fsp3) is 0.357. The smallest absolute Gasteiger partial charge is 0.303 e. The van der Waals surface area contributed by atoms with E-state index >= 15 is 0 Å². The second kappa shape index (κ2) is 5.66. The predicted molar refractivity (Wildman–Crippen MR) is 77.6 cm³/mol. The summed E-state index contributed by atoms with van der Waals surface area (Å²) in [7, 11) is -3.02. The maximum Gasteiger partial charge on any atom is 0.303 e. The molecule has 0 radical (unpaired) electrons. The van der Waals surface area contributed by atoms with E-state index in [2.05, 4.69) is 0 Å². The summed E-state index contributed by atoms with van der Waals surface area (Å²) < 4.78 is 24.4. The summed E-state index contributed by atoms with van der Waals surface area (Å²) in [4.78, 5) is 10.7. The molecule has 0 saturated heterocycles. The fourth-order valence-corrected chi connectivity index (χ4v) is 2.74. The summed E-state index contributed by atoms with van der Waals surface area (Å²) in [6, 6.07) is 7.64. The molecule has 0 amide bonds. The third-order valence-electron chi connectivity index (χ3n) is 3.18. The lowest BCUT2D eigenvalue weighted by Gasteiger charge is -2.03. The number of hydrogen-bond donors (Lipinski definition) is 1. The SMILES string of the molecule is CS(=O)(=O)CCn1cc(CCC(=O)O)c2ccccc21. The molecule has 0 bridgehead atoms. The van der Waals surface area contributed by atoms with Crippen LogP contribution in [0, 0.1) is 0 Å². The first kappa shape index (κ1) is 14.6. The van der Waals surface area contributed by atoms with Gasteiger partial charge in [0.05, 0.1) is 5.75 Å². The molecule has 20 heavy (non-hydrogen) atoms. The third kappa shape index (κ3) is 3.60. The van der Waals surface area contributed by atoms with E-state index in [1.807, 2.05) is 35.0 Å².